The van der Waals surface area contributed by atoms with E-state index >= 15 is 8.78 Å². The number of carbonyl (C=O) groups excluding carboxylic acids is 1. The van der Waals surface area contributed by atoms with Gasteiger partial charge in [0.1, 0.15) is 10.6 Å². The third-order valence-electron chi connectivity index (χ3n) is 9.54. The van der Waals surface area contributed by atoms with Crippen LogP contribution in [0, 0.1) is 11.6 Å². The van der Waals surface area contributed by atoms with Crippen LogP contribution in [0.4, 0.5) is 14.5 Å². The van der Waals surface area contributed by atoms with E-state index in [-0.39, 0.29) is 40.1 Å². The highest BCUT2D eigenvalue weighted by Crippen LogP contribution is 2.40. The summed E-state index contributed by atoms with van der Waals surface area (Å²) in [5.41, 5.74) is 1.56. The second kappa shape index (κ2) is 15.1. The lowest BCUT2D eigenvalue weighted by Gasteiger charge is -2.43. The van der Waals surface area contributed by atoms with Crippen molar-refractivity contribution in [1.82, 2.24) is 9.88 Å². The van der Waals surface area contributed by atoms with E-state index in [0.29, 0.717) is 45.0 Å². The number of aliphatic hydroxyl groups is 1. The van der Waals surface area contributed by atoms with Crippen LogP contribution >= 0.6 is 11.3 Å². The van der Waals surface area contributed by atoms with Crippen LogP contribution < -0.4 is 15.3 Å². The molecule has 8 nitrogen and oxygen atoms in total. The first kappa shape index (κ1) is 36.4. The minimum absolute atomic E-state index is 0.0579. The molecule has 3 heterocycles. The molecule has 0 amide bonds. The van der Waals surface area contributed by atoms with Gasteiger partial charge in [-0.15, -0.1) is 11.3 Å². The summed E-state index contributed by atoms with van der Waals surface area (Å²) in [6.45, 7) is 12.6. The SMILES string of the molecule is C[C@@H]1CN(c2c(CO[Si](c3ccccc3)(c3ccccc3)C(C)(C)C)cc(C(=O)c3scnc3C(O)N3CCOCC3)c(F)c2F)C[C@H](C)O1. The summed E-state index contributed by atoms with van der Waals surface area (Å²) in [6, 6.07) is 21.6. The van der Waals surface area contributed by atoms with Gasteiger partial charge < -0.3 is 23.9 Å². The van der Waals surface area contributed by atoms with E-state index in [4.69, 9.17) is 13.9 Å². The van der Waals surface area contributed by atoms with Gasteiger partial charge in [0.25, 0.3) is 8.32 Å². The summed E-state index contributed by atoms with van der Waals surface area (Å²) in [5, 5.41) is 12.9. The number of aliphatic hydroxyl groups excluding tert-OH is 1. The van der Waals surface area contributed by atoms with E-state index in [1.165, 1.54) is 11.6 Å². The zero-order valence-electron chi connectivity index (χ0n) is 29.2. The number of ether oxygens (including phenoxy) is 2. The molecule has 6 rings (SSSR count). The molecular weight excluding hydrogens is 677 g/mol. The minimum atomic E-state index is -3.10. The van der Waals surface area contributed by atoms with Gasteiger partial charge in [-0.05, 0) is 35.3 Å². The van der Waals surface area contributed by atoms with Crippen molar-refractivity contribution < 1.29 is 32.6 Å². The molecule has 0 bridgehead atoms. The molecule has 0 spiro atoms. The van der Waals surface area contributed by atoms with Crippen LogP contribution in [0.1, 0.15) is 67.3 Å². The topological polar surface area (TPSA) is 84.4 Å². The molecule has 3 atom stereocenters. The zero-order chi connectivity index (χ0) is 35.6. The number of hydrogen-bond acceptors (Lipinski definition) is 9. The molecule has 3 aromatic carbocycles. The number of anilines is 1. The Morgan fingerprint density at radius 2 is 1.58 bits per heavy atom. The molecule has 0 saturated carbocycles. The number of ketones is 1. The maximum absolute atomic E-state index is 16.7. The molecule has 2 aliphatic heterocycles. The van der Waals surface area contributed by atoms with E-state index in [1.54, 1.807) is 9.80 Å². The van der Waals surface area contributed by atoms with E-state index in [9.17, 15) is 9.90 Å². The molecule has 4 aromatic rings. The van der Waals surface area contributed by atoms with Gasteiger partial charge in [-0.3, -0.25) is 9.69 Å². The number of halogens is 2. The van der Waals surface area contributed by atoms with E-state index in [0.717, 1.165) is 21.7 Å². The van der Waals surface area contributed by atoms with Crippen LogP contribution in [0.25, 0.3) is 0 Å². The smallest absolute Gasteiger partial charge is 0.261 e. The highest BCUT2D eigenvalue weighted by atomic mass is 32.1. The summed E-state index contributed by atoms with van der Waals surface area (Å²) in [4.78, 5) is 22.1. The lowest BCUT2D eigenvalue weighted by molar-refractivity contribution is -0.0622. The molecule has 0 aliphatic carbocycles. The van der Waals surface area contributed by atoms with Crippen molar-refractivity contribution in [2.24, 2.45) is 0 Å². The van der Waals surface area contributed by atoms with Gasteiger partial charge in [0.2, 0.25) is 5.78 Å². The van der Waals surface area contributed by atoms with Crippen LogP contribution in [-0.4, -0.2) is 80.7 Å². The van der Waals surface area contributed by atoms with Crippen molar-refractivity contribution >= 4 is 41.5 Å². The second-order valence-electron chi connectivity index (χ2n) is 14.1. The normalized spacial score (nSPS) is 19.8. The van der Waals surface area contributed by atoms with Gasteiger partial charge >= 0.3 is 0 Å². The van der Waals surface area contributed by atoms with Gasteiger partial charge in [0, 0.05) is 31.7 Å². The molecular formula is C38H45F2N3O5SSi. The molecule has 50 heavy (non-hydrogen) atoms. The van der Waals surface area contributed by atoms with E-state index < -0.39 is 37.5 Å². The summed E-state index contributed by atoms with van der Waals surface area (Å²) >= 11 is 0.995. The van der Waals surface area contributed by atoms with Gasteiger partial charge in [0.05, 0.1) is 48.8 Å². The third-order valence-corrected chi connectivity index (χ3v) is 15.4. The number of carbonyl (C=O) groups is 1. The van der Waals surface area contributed by atoms with Crippen molar-refractivity contribution in [1.29, 1.82) is 0 Å². The van der Waals surface area contributed by atoms with Gasteiger partial charge in [0.15, 0.2) is 17.9 Å². The number of morpholine rings is 2. The predicted octanol–water partition coefficient (Wildman–Crippen LogP) is 5.67. The average Bonchev–Trinajstić information content (AvgIpc) is 3.60. The van der Waals surface area contributed by atoms with Gasteiger partial charge in [-0.25, -0.2) is 13.8 Å². The standard InChI is InChI=1S/C38H45F2N3O5SSi/c1-25-21-43(22-26(2)48-25)34-27(23-47-50(38(3,4)5,28-12-8-6-9-13-28)29-14-10-7-11-15-29)20-30(31(39)32(34)40)35(44)36-33(41-24-49-36)37(45)42-16-18-46-19-17-42/h6-15,20,24-26,37,45H,16-19,21-23H2,1-5H3/t25-,26+,37?. The number of rotatable bonds is 10. The first-order valence-corrected chi connectivity index (χ1v) is 19.9. The van der Waals surface area contributed by atoms with E-state index in [1.807, 2.05) is 50.2 Å². The highest BCUT2D eigenvalue weighted by Gasteiger charge is 2.50. The van der Waals surface area contributed by atoms with Crippen molar-refractivity contribution in [3.63, 3.8) is 0 Å². The molecule has 1 N–H and O–H groups in total. The van der Waals surface area contributed by atoms with Crippen LogP contribution in [0.5, 0.6) is 0 Å². The molecule has 2 saturated heterocycles. The highest BCUT2D eigenvalue weighted by molar-refractivity contribution is 7.12. The first-order valence-electron chi connectivity index (χ1n) is 17.1. The molecule has 12 heteroatoms. The molecule has 2 aliphatic rings. The van der Waals surface area contributed by atoms with Crippen molar-refractivity contribution in [2.45, 2.75) is 64.7 Å². The summed E-state index contributed by atoms with van der Waals surface area (Å²) in [6.07, 6.45) is -1.64. The Kier molecular flexibility index (Phi) is 11.0. The fraction of sp³-hybridized carbons (Fsp3) is 0.421. The second-order valence-corrected chi connectivity index (χ2v) is 19.3. The van der Waals surface area contributed by atoms with Crippen LogP contribution in [-0.2, 0) is 20.5 Å². The lowest BCUT2D eigenvalue weighted by atomic mass is 10.0. The molecule has 1 aromatic heterocycles. The quantitative estimate of drug-likeness (QED) is 0.166. The summed E-state index contributed by atoms with van der Waals surface area (Å²) in [7, 11) is -3.10. The average molecular weight is 722 g/mol. The zero-order valence-corrected chi connectivity index (χ0v) is 31.0. The maximum atomic E-state index is 16.7. The van der Waals surface area contributed by atoms with Crippen LogP contribution in [0.15, 0.2) is 72.2 Å². The van der Waals surface area contributed by atoms with Crippen molar-refractivity contribution in [2.75, 3.05) is 44.3 Å². The lowest BCUT2D eigenvalue weighted by Crippen LogP contribution is -2.66. The molecule has 0 radical (unpaired) electrons. The number of benzene rings is 3. The fourth-order valence-electron chi connectivity index (χ4n) is 7.32. The summed E-state index contributed by atoms with van der Waals surface area (Å²) in [5.74, 6) is -3.10. The Balaban J connectivity index is 1.47. The number of thiazole rings is 1. The maximum Gasteiger partial charge on any atom is 0.261 e. The molecule has 1 unspecified atom stereocenters. The Bertz CT molecular complexity index is 1730. The third kappa shape index (κ3) is 7.07. The largest absolute Gasteiger partial charge is 0.403 e. The number of nitrogens with zero attached hydrogens (tertiary/aromatic N) is 3. The van der Waals surface area contributed by atoms with Crippen molar-refractivity contribution in [3.05, 3.63) is 106 Å². The fourth-order valence-corrected chi connectivity index (χ4v) is 12.6. The monoisotopic (exact) mass is 721 g/mol. The van der Waals surface area contributed by atoms with Crippen molar-refractivity contribution in [3.8, 4) is 0 Å². The van der Waals surface area contributed by atoms with Gasteiger partial charge in [-0.1, -0.05) is 81.4 Å². The number of aromatic nitrogens is 1. The molecule has 2 fully saturated rings. The molecule has 266 valence electrons. The van der Waals surface area contributed by atoms with E-state index in [2.05, 4.69) is 50.0 Å². The minimum Gasteiger partial charge on any atom is -0.403 e. The Labute approximate surface area is 297 Å². The van der Waals surface area contributed by atoms with Crippen LogP contribution in [0.2, 0.25) is 5.04 Å². The van der Waals surface area contributed by atoms with Crippen LogP contribution in [0.3, 0.4) is 0 Å². The number of hydrogen-bond donors (Lipinski definition) is 1. The summed E-state index contributed by atoms with van der Waals surface area (Å²) < 4.78 is 51.6. The predicted molar refractivity (Wildman–Crippen MR) is 194 cm³/mol. The Morgan fingerprint density at radius 1 is 1.00 bits per heavy atom. The first-order chi connectivity index (χ1) is 23.9. The Morgan fingerprint density at radius 3 is 2.14 bits per heavy atom. The van der Waals surface area contributed by atoms with Gasteiger partial charge in [-0.2, -0.15) is 0 Å². The Hall–Kier alpha value is -3.36.